The topological polar surface area (TPSA) is 51.5 Å². The fourth-order valence-electron chi connectivity index (χ4n) is 1.68. The van der Waals surface area contributed by atoms with Crippen LogP contribution in [0.5, 0.6) is 5.75 Å². The molecule has 15 heavy (non-hydrogen) atoms. The fourth-order valence-corrected chi connectivity index (χ4v) is 1.68. The number of carbonyl (C=O) groups excluding carboxylic acids is 1. The quantitative estimate of drug-likeness (QED) is 0.720. The number of phenolic OH excluding ortho intramolecular Hbond substituents is 1. The van der Waals surface area contributed by atoms with E-state index in [1.807, 2.05) is 6.20 Å². The SMILES string of the molecule is COC(=O)c1c2cc(O)ccc2cn1C. The summed E-state index contributed by atoms with van der Waals surface area (Å²) >= 11 is 0. The number of nitrogens with zero attached hydrogens (tertiary/aromatic N) is 1. The zero-order valence-electron chi connectivity index (χ0n) is 8.52. The maximum Gasteiger partial charge on any atom is 0.355 e. The van der Waals surface area contributed by atoms with E-state index in [-0.39, 0.29) is 5.75 Å². The Hall–Kier alpha value is -1.97. The van der Waals surface area contributed by atoms with Crippen molar-refractivity contribution in [2.24, 2.45) is 7.05 Å². The molecule has 1 N–H and O–H groups in total. The summed E-state index contributed by atoms with van der Waals surface area (Å²) in [6.45, 7) is 0. The number of benzene rings is 1. The van der Waals surface area contributed by atoms with Crippen LogP contribution in [-0.4, -0.2) is 22.8 Å². The first kappa shape index (κ1) is 9.58. The van der Waals surface area contributed by atoms with Gasteiger partial charge in [0.1, 0.15) is 11.4 Å². The predicted octanol–water partition coefficient (Wildman–Crippen LogP) is 1.67. The summed E-state index contributed by atoms with van der Waals surface area (Å²) in [4.78, 5) is 11.5. The lowest BCUT2D eigenvalue weighted by molar-refractivity contribution is 0.0592. The maximum atomic E-state index is 11.5. The number of phenols is 1. The molecule has 0 amide bonds. The molecule has 0 aliphatic heterocycles. The van der Waals surface area contributed by atoms with E-state index in [0.717, 1.165) is 5.39 Å². The van der Waals surface area contributed by atoms with Crippen LogP contribution in [0.25, 0.3) is 10.8 Å². The Bertz CT molecular complexity index is 528. The summed E-state index contributed by atoms with van der Waals surface area (Å²) in [7, 11) is 3.10. The van der Waals surface area contributed by atoms with Gasteiger partial charge in [0.05, 0.1) is 7.11 Å². The van der Waals surface area contributed by atoms with Gasteiger partial charge in [-0.1, -0.05) is 0 Å². The van der Waals surface area contributed by atoms with Gasteiger partial charge in [0, 0.05) is 24.0 Å². The van der Waals surface area contributed by atoms with E-state index >= 15 is 0 Å². The minimum atomic E-state index is -0.405. The van der Waals surface area contributed by atoms with Gasteiger partial charge >= 0.3 is 5.97 Å². The smallest absolute Gasteiger partial charge is 0.355 e. The van der Waals surface area contributed by atoms with E-state index in [2.05, 4.69) is 4.74 Å². The van der Waals surface area contributed by atoms with Crippen LogP contribution in [0.4, 0.5) is 0 Å². The van der Waals surface area contributed by atoms with E-state index < -0.39 is 5.97 Å². The van der Waals surface area contributed by atoms with Gasteiger partial charge in [-0.25, -0.2) is 4.79 Å². The molecular weight excluding hydrogens is 194 g/mol. The number of hydrogen-bond acceptors (Lipinski definition) is 3. The van der Waals surface area contributed by atoms with Crippen molar-refractivity contribution < 1.29 is 14.6 Å². The second kappa shape index (κ2) is 3.31. The normalized spacial score (nSPS) is 10.5. The number of aryl methyl sites for hydroxylation is 1. The highest BCUT2D eigenvalue weighted by atomic mass is 16.5. The molecular formula is C11H11NO3. The number of hydrogen-bond donors (Lipinski definition) is 1. The van der Waals surface area contributed by atoms with Gasteiger partial charge in [-0.3, -0.25) is 0 Å². The lowest BCUT2D eigenvalue weighted by atomic mass is 10.2. The molecule has 0 bridgehead atoms. The highest BCUT2D eigenvalue weighted by Gasteiger charge is 2.15. The molecule has 0 aliphatic carbocycles. The van der Waals surface area contributed by atoms with E-state index in [1.165, 1.54) is 7.11 Å². The fraction of sp³-hybridized carbons (Fsp3) is 0.182. The summed E-state index contributed by atoms with van der Waals surface area (Å²) in [5, 5.41) is 11.0. The van der Waals surface area contributed by atoms with Crippen molar-refractivity contribution in [3.63, 3.8) is 0 Å². The third kappa shape index (κ3) is 1.44. The number of ether oxygens (including phenoxy) is 1. The van der Waals surface area contributed by atoms with Crippen molar-refractivity contribution in [3.8, 4) is 5.75 Å². The van der Waals surface area contributed by atoms with E-state index in [0.29, 0.717) is 11.1 Å². The van der Waals surface area contributed by atoms with Crippen molar-refractivity contribution in [2.45, 2.75) is 0 Å². The first-order valence-corrected chi connectivity index (χ1v) is 4.50. The Kier molecular flexibility index (Phi) is 2.11. The molecule has 78 valence electrons. The molecule has 2 aromatic rings. The van der Waals surface area contributed by atoms with E-state index in [1.54, 1.807) is 29.8 Å². The molecule has 0 fully saturated rings. The molecule has 4 nitrogen and oxygen atoms in total. The first-order valence-electron chi connectivity index (χ1n) is 4.50. The van der Waals surface area contributed by atoms with Crippen LogP contribution in [0.1, 0.15) is 10.5 Å². The monoisotopic (exact) mass is 205 g/mol. The van der Waals surface area contributed by atoms with E-state index in [4.69, 9.17) is 0 Å². The zero-order valence-corrected chi connectivity index (χ0v) is 8.52. The Morgan fingerprint density at radius 1 is 1.47 bits per heavy atom. The third-order valence-electron chi connectivity index (χ3n) is 2.36. The molecule has 0 saturated heterocycles. The number of esters is 1. The molecule has 1 aromatic carbocycles. The molecule has 0 spiro atoms. The van der Waals surface area contributed by atoms with Crippen LogP contribution in [0.3, 0.4) is 0 Å². The zero-order chi connectivity index (χ0) is 11.0. The largest absolute Gasteiger partial charge is 0.508 e. The number of carbonyl (C=O) groups is 1. The van der Waals surface area contributed by atoms with Crippen molar-refractivity contribution in [2.75, 3.05) is 7.11 Å². The molecule has 2 rings (SSSR count). The van der Waals surface area contributed by atoms with Crippen molar-refractivity contribution >= 4 is 16.7 Å². The number of rotatable bonds is 1. The summed E-state index contributed by atoms with van der Waals surface area (Å²) in [5.74, 6) is -0.267. The molecule has 0 saturated carbocycles. The summed E-state index contributed by atoms with van der Waals surface area (Å²) in [6, 6.07) is 4.90. The Morgan fingerprint density at radius 2 is 2.20 bits per heavy atom. The van der Waals surface area contributed by atoms with Gasteiger partial charge in [0.2, 0.25) is 0 Å². The van der Waals surface area contributed by atoms with Crippen molar-refractivity contribution in [1.82, 2.24) is 4.57 Å². The van der Waals surface area contributed by atoms with Gasteiger partial charge in [0.25, 0.3) is 0 Å². The van der Waals surface area contributed by atoms with Gasteiger partial charge in [-0.15, -0.1) is 0 Å². The van der Waals surface area contributed by atoms with Gasteiger partial charge in [0.15, 0.2) is 0 Å². The number of methoxy groups -OCH3 is 1. The lowest BCUT2D eigenvalue weighted by Crippen LogP contribution is -2.07. The number of aromatic hydroxyl groups is 1. The standard InChI is InChI=1S/C11H11NO3/c1-12-6-7-3-4-8(13)5-9(7)10(12)11(14)15-2/h3-6,13H,1-2H3. The van der Waals surface area contributed by atoms with Crippen LogP contribution >= 0.6 is 0 Å². The summed E-state index contributed by atoms with van der Waals surface area (Å²) in [5.41, 5.74) is 0.448. The van der Waals surface area contributed by atoms with Gasteiger partial charge < -0.3 is 14.4 Å². The van der Waals surface area contributed by atoms with E-state index in [9.17, 15) is 9.90 Å². The minimum Gasteiger partial charge on any atom is -0.508 e. The van der Waals surface area contributed by atoms with Crippen LogP contribution < -0.4 is 0 Å². The predicted molar refractivity (Wildman–Crippen MR) is 55.9 cm³/mol. The lowest BCUT2D eigenvalue weighted by Gasteiger charge is -2.01. The van der Waals surface area contributed by atoms with Gasteiger partial charge in [-0.2, -0.15) is 0 Å². The summed E-state index contributed by atoms with van der Waals surface area (Å²) < 4.78 is 6.37. The molecule has 0 atom stereocenters. The van der Waals surface area contributed by atoms with Crippen LogP contribution in [0.15, 0.2) is 24.4 Å². The Labute approximate surface area is 86.7 Å². The second-order valence-corrected chi connectivity index (χ2v) is 3.35. The maximum absolute atomic E-state index is 11.5. The van der Waals surface area contributed by atoms with Crippen molar-refractivity contribution in [1.29, 1.82) is 0 Å². The minimum absolute atomic E-state index is 0.138. The highest BCUT2D eigenvalue weighted by Crippen LogP contribution is 2.25. The molecule has 1 heterocycles. The second-order valence-electron chi connectivity index (χ2n) is 3.35. The molecule has 0 unspecified atom stereocenters. The van der Waals surface area contributed by atoms with Crippen LogP contribution in [0, 0.1) is 0 Å². The number of fused-ring (bicyclic) bond motifs is 1. The molecule has 4 heteroatoms. The Balaban J connectivity index is 2.76. The average Bonchev–Trinajstić information content (AvgIpc) is 2.52. The van der Waals surface area contributed by atoms with Crippen LogP contribution in [0.2, 0.25) is 0 Å². The third-order valence-corrected chi connectivity index (χ3v) is 2.36. The molecule has 0 aliphatic rings. The van der Waals surface area contributed by atoms with Crippen LogP contribution in [-0.2, 0) is 11.8 Å². The molecule has 1 aromatic heterocycles. The first-order chi connectivity index (χ1) is 7.13. The molecule has 0 radical (unpaired) electrons. The summed E-state index contributed by atoms with van der Waals surface area (Å²) in [6.07, 6.45) is 1.82. The highest BCUT2D eigenvalue weighted by molar-refractivity contribution is 6.04. The average molecular weight is 205 g/mol. The Morgan fingerprint density at radius 3 is 2.87 bits per heavy atom. The van der Waals surface area contributed by atoms with Crippen molar-refractivity contribution in [3.05, 3.63) is 30.1 Å². The number of aromatic nitrogens is 1. The van der Waals surface area contributed by atoms with Gasteiger partial charge in [-0.05, 0) is 18.2 Å².